The fourth-order valence-electron chi connectivity index (χ4n) is 2.80. The average Bonchev–Trinajstić information content (AvgIpc) is 2.71. The number of nitrogens with one attached hydrogen (secondary N) is 2. The molecule has 3 rings (SSSR count). The number of amides is 2. The Labute approximate surface area is 169 Å². The lowest BCUT2D eigenvalue weighted by Gasteiger charge is -2.12. The Morgan fingerprint density at radius 2 is 1.36 bits per heavy atom. The first kappa shape index (κ1) is 19.6. The number of para-hydroxylation sites is 2. The van der Waals surface area contributed by atoms with Gasteiger partial charge < -0.3 is 10.6 Å². The lowest BCUT2D eigenvalue weighted by molar-refractivity contribution is -0.116. The van der Waals surface area contributed by atoms with Crippen molar-refractivity contribution in [3.05, 3.63) is 95.0 Å². The summed E-state index contributed by atoms with van der Waals surface area (Å²) in [4.78, 5) is 24.7. The summed E-state index contributed by atoms with van der Waals surface area (Å²) in [5, 5.41) is 6.45. The van der Waals surface area contributed by atoms with Gasteiger partial charge in [0.15, 0.2) is 0 Å². The van der Waals surface area contributed by atoms with Crippen molar-refractivity contribution in [2.45, 2.75) is 19.3 Å². The molecule has 3 aromatic rings. The molecular formula is C23H21ClN2O2. The van der Waals surface area contributed by atoms with Crippen LogP contribution in [0.4, 0.5) is 11.4 Å². The van der Waals surface area contributed by atoms with Crippen LogP contribution in [0.5, 0.6) is 0 Å². The summed E-state index contributed by atoms with van der Waals surface area (Å²) in [5.41, 5.74) is 2.87. The highest BCUT2D eigenvalue weighted by Crippen LogP contribution is 2.22. The fourth-order valence-corrected chi connectivity index (χ4v) is 2.93. The van der Waals surface area contributed by atoms with Crippen molar-refractivity contribution >= 4 is 34.8 Å². The highest BCUT2D eigenvalue weighted by Gasteiger charge is 2.10. The number of halogens is 1. The maximum Gasteiger partial charge on any atom is 0.255 e. The van der Waals surface area contributed by atoms with Gasteiger partial charge in [0.2, 0.25) is 5.91 Å². The zero-order valence-electron chi connectivity index (χ0n) is 15.3. The van der Waals surface area contributed by atoms with E-state index in [9.17, 15) is 9.59 Å². The highest BCUT2D eigenvalue weighted by molar-refractivity contribution is 6.30. The molecule has 3 aromatic carbocycles. The minimum atomic E-state index is -0.218. The van der Waals surface area contributed by atoms with Gasteiger partial charge in [0.25, 0.3) is 5.91 Å². The van der Waals surface area contributed by atoms with Crippen LogP contribution in [0.1, 0.15) is 28.8 Å². The van der Waals surface area contributed by atoms with Crippen molar-refractivity contribution in [2.24, 2.45) is 0 Å². The van der Waals surface area contributed by atoms with Crippen LogP contribution in [0.25, 0.3) is 0 Å². The molecule has 0 aliphatic heterocycles. The van der Waals surface area contributed by atoms with Crippen molar-refractivity contribution < 1.29 is 9.59 Å². The number of aryl methyl sites for hydroxylation is 1. The molecule has 0 atom stereocenters. The molecule has 4 nitrogen and oxygen atoms in total. The van der Waals surface area contributed by atoms with E-state index in [0.29, 0.717) is 28.4 Å². The van der Waals surface area contributed by atoms with E-state index in [-0.39, 0.29) is 11.8 Å². The molecule has 0 saturated heterocycles. The molecule has 0 heterocycles. The monoisotopic (exact) mass is 392 g/mol. The third kappa shape index (κ3) is 5.69. The number of carbonyl (C=O) groups excluding carboxylic acids is 2. The van der Waals surface area contributed by atoms with E-state index in [1.165, 1.54) is 0 Å². The molecule has 5 heteroatoms. The van der Waals surface area contributed by atoms with Gasteiger partial charge in [0.1, 0.15) is 0 Å². The summed E-state index contributed by atoms with van der Waals surface area (Å²) in [6, 6.07) is 23.8. The Kier molecular flexibility index (Phi) is 6.82. The van der Waals surface area contributed by atoms with E-state index in [1.807, 2.05) is 54.6 Å². The van der Waals surface area contributed by atoms with Gasteiger partial charge in [-0.25, -0.2) is 0 Å². The number of anilines is 2. The Morgan fingerprint density at radius 1 is 0.750 bits per heavy atom. The number of hydrogen-bond donors (Lipinski definition) is 2. The first-order chi connectivity index (χ1) is 13.6. The number of carbonyl (C=O) groups is 2. The van der Waals surface area contributed by atoms with Gasteiger partial charge in [-0.1, -0.05) is 54.1 Å². The number of rotatable bonds is 7. The van der Waals surface area contributed by atoms with Gasteiger partial charge in [-0.3, -0.25) is 9.59 Å². The molecule has 0 fully saturated rings. The summed E-state index contributed by atoms with van der Waals surface area (Å²) in [7, 11) is 0. The van der Waals surface area contributed by atoms with Crippen LogP contribution >= 0.6 is 11.6 Å². The van der Waals surface area contributed by atoms with Gasteiger partial charge in [0.05, 0.1) is 11.4 Å². The number of hydrogen-bond acceptors (Lipinski definition) is 2. The van der Waals surface area contributed by atoms with Crippen LogP contribution in [0, 0.1) is 0 Å². The van der Waals surface area contributed by atoms with E-state index in [1.54, 1.807) is 24.3 Å². The van der Waals surface area contributed by atoms with Gasteiger partial charge >= 0.3 is 0 Å². The van der Waals surface area contributed by atoms with Crippen LogP contribution in [0.3, 0.4) is 0 Å². The summed E-state index contributed by atoms with van der Waals surface area (Å²) >= 11 is 5.88. The third-order valence-electron chi connectivity index (χ3n) is 4.27. The predicted octanol–water partition coefficient (Wildman–Crippen LogP) is 5.55. The molecule has 2 N–H and O–H groups in total. The minimum absolute atomic E-state index is 0.0876. The van der Waals surface area contributed by atoms with Crippen LogP contribution < -0.4 is 10.6 Å². The Hall–Kier alpha value is -3.11. The summed E-state index contributed by atoms with van der Waals surface area (Å²) in [6.45, 7) is 0. The van der Waals surface area contributed by atoms with Crippen LogP contribution in [-0.2, 0) is 11.2 Å². The summed E-state index contributed by atoms with van der Waals surface area (Å²) < 4.78 is 0. The van der Waals surface area contributed by atoms with Gasteiger partial charge in [0, 0.05) is 17.0 Å². The topological polar surface area (TPSA) is 58.2 Å². The minimum Gasteiger partial charge on any atom is -0.324 e. The lowest BCUT2D eigenvalue weighted by Crippen LogP contribution is -2.16. The normalized spacial score (nSPS) is 10.3. The standard InChI is InChI=1S/C23H21ClN2O2/c24-19-15-13-17(14-16-19)7-6-12-22(27)25-20-10-4-5-11-21(20)26-23(28)18-8-2-1-3-9-18/h1-5,8-11,13-16H,6-7,12H2,(H,25,27)(H,26,28). The van der Waals surface area contributed by atoms with Gasteiger partial charge in [-0.2, -0.15) is 0 Å². The van der Waals surface area contributed by atoms with Crippen molar-refractivity contribution in [3.63, 3.8) is 0 Å². The predicted molar refractivity (Wildman–Crippen MR) is 114 cm³/mol. The van der Waals surface area contributed by atoms with Crippen molar-refractivity contribution in [2.75, 3.05) is 10.6 Å². The molecule has 0 aliphatic rings. The first-order valence-electron chi connectivity index (χ1n) is 9.11. The van der Waals surface area contributed by atoms with Crippen LogP contribution in [-0.4, -0.2) is 11.8 Å². The van der Waals surface area contributed by atoms with Crippen LogP contribution in [0.15, 0.2) is 78.9 Å². The van der Waals surface area contributed by atoms with Gasteiger partial charge in [-0.05, 0) is 54.8 Å². The second kappa shape index (κ2) is 9.72. The zero-order chi connectivity index (χ0) is 19.8. The quantitative estimate of drug-likeness (QED) is 0.553. The van der Waals surface area contributed by atoms with E-state index in [2.05, 4.69) is 10.6 Å². The molecule has 142 valence electrons. The van der Waals surface area contributed by atoms with E-state index < -0.39 is 0 Å². The second-order valence-corrected chi connectivity index (χ2v) is 6.83. The Balaban J connectivity index is 1.55. The molecule has 0 aliphatic carbocycles. The maximum atomic E-state index is 12.4. The average molecular weight is 393 g/mol. The highest BCUT2D eigenvalue weighted by atomic mass is 35.5. The molecular weight excluding hydrogens is 372 g/mol. The molecule has 0 aromatic heterocycles. The van der Waals surface area contributed by atoms with Crippen LogP contribution in [0.2, 0.25) is 5.02 Å². The fraction of sp³-hybridized carbons (Fsp3) is 0.130. The summed E-state index contributed by atoms with van der Waals surface area (Å²) in [6.07, 6.45) is 1.92. The van der Waals surface area contributed by atoms with E-state index in [4.69, 9.17) is 11.6 Å². The summed E-state index contributed by atoms with van der Waals surface area (Å²) in [5.74, 6) is -0.305. The molecule has 0 spiro atoms. The zero-order valence-corrected chi connectivity index (χ0v) is 16.1. The van der Waals surface area contributed by atoms with Crippen molar-refractivity contribution in [1.82, 2.24) is 0 Å². The van der Waals surface area contributed by atoms with Crippen molar-refractivity contribution in [3.8, 4) is 0 Å². The Bertz CT molecular complexity index is 940. The third-order valence-corrected chi connectivity index (χ3v) is 4.52. The van der Waals surface area contributed by atoms with E-state index >= 15 is 0 Å². The maximum absolute atomic E-state index is 12.4. The molecule has 0 bridgehead atoms. The lowest BCUT2D eigenvalue weighted by atomic mass is 10.1. The largest absolute Gasteiger partial charge is 0.324 e. The van der Waals surface area contributed by atoms with E-state index in [0.717, 1.165) is 18.4 Å². The molecule has 2 amide bonds. The molecule has 0 saturated carbocycles. The smallest absolute Gasteiger partial charge is 0.255 e. The molecule has 28 heavy (non-hydrogen) atoms. The first-order valence-corrected chi connectivity index (χ1v) is 9.49. The number of benzene rings is 3. The van der Waals surface area contributed by atoms with Crippen molar-refractivity contribution in [1.29, 1.82) is 0 Å². The Morgan fingerprint density at radius 3 is 2.04 bits per heavy atom. The second-order valence-electron chi connectivity index (χ2n) is 6.39. The molecule has 0 radical (unpaired) electrons. The SMILES string of the molecule is O=C(CCCc1ccc(Cl)cc1)Nc1ccccc1NC(=O)c1ccccc1. The van der Waals surface area contributed by atoms with Gasteiger partial charge in [-0.15, -0.1) is 0 Å². The molecule has 0 unspecified atom stereocenters.